The lowest BCUT2D eigenvalue weighted by molar-refractivity contribution is -0.141. The van der Waals surface area contributed by atoms with E-state index < -0.39 is 16.1 Å². The number of carbonyl (C=O) groups is 2. The van der Waals surface area contributed by atoms with Gasteiger partial charge >= 0.3 is 0 Å². The Morgan fingerprint density at radius 1 is 1.05 bits per heavy atom. The third-order valence-corrected chi connectivity index (χ3v) is 7.36. The number of carbonyl (C=O) groups excluding carboxylic acids is 2. The molecular formula is C28H41N3O5S. The fourth-order valence-electron chi connectivity index (χ4n) is 4.19. The van der Waals surface area contributed by atoms with E-state index in [-0.39, 0.29) is 24.8 Å². The third kappa shape index (κ3) is 9.39. The van der Waals surface area contributed by atoms with Crippen LogP contribution in [0.4, 0.5) is 5.69 Å². The number of sulfonamides is 1. The molecule has 2 amide bonds. The van der Waals surface area contributed by atoms with Gasteiger partial charge < -0.3 is 15.0 Å². The van der Waals surface area contributed by atoms with Crippen LogP contribution in [0.15, 0.2) is 48.5 Å². The summed E-state index contributed by atoms with van der Waals surface area (Å²) in [6, 6.07) is 14.0. The van der Waals surface area contributed by atoms with Crippen molar-refractivity contribution in [2.45, 2.75) is 65.5 Å². The van der Waals surface area contributed by atoms with E-state index in [1.807, 2.05) is 38.1 Å². The molecule has 0 aliphatic carbocycles. The summed E-state index contributed by atoms with van der Waals surface area (Å²) in [5, 5.41) is 2.96. The number of rotatable bonds is 15. The average molecular weight is 532 g/mol. The molecule has 2 aromatic carbocycles. The van der Waals surface area contributed by atoms with Crippen molar-refractivity contribution in [1.29, 1.82) is 0 Å². The van der Waals surface area contributed by atoms with E-state index >= 15 is 0 Å². The molecule has 8 nitrogen and oxygen atoms in total. The minimum absolute atomic E-state index is 0.118. The summed E-state index contributed by atoms with van der Waals surface area (Å²) in [6.07, 6.45) is 3.91. The molecule has 204 valence electrons. The highest BCUT2D eigenvalue weighted by molar-refractivity contribution is 7.92. The summed E-state index contributed by atoms with van der Waals surface area (Å²) >= 11 is 0. The predicted molar refractivity (Wildman–Crippen MR) is 148 cm³/mol. The summed E-state index contributed by atoms with van der Waals surface area (Å²) in [7, 11) is -2.01. The van der Waals surface area contributed by atoms with Crippen molar-refractivity contribution in [3.8, 4) is 5.75 Å². The summed E-state index contributed by atoms with van der Waals surface area (Å²) < 4.78 is 31.4. The quantitative estimate of drug-likeness (QED) is 0.346. The normalized spacial score (nSPS) is 12.0. The van der Waals surface area contributed by atoms with E-state index in [0.29, 0.717) is 37.4 Å². The van der Waals surface area contributed by atoms with Gasteiger partial charge in [0.1, 0.15) is 11.8 Å². The molecule has 2 rings (SSSR count). The van der Waals surface area contributed by atoms with Gasteiger partial charge in [-0.05, 0) is 56.0 Å². The molecule has 0 radical (unpaired) electrons. The van der Waals surface area contributed by atoms with Crippen molar-refractivity contribution in [1.82, 2.24) is 10.2 Å². The molecule has 0 aliphatic heterocycles. The maximum Gasteiger partial charge on any atom is 0.242 e. The largest absolute Gasteiger partial charge is 0.497 e. The van der Waals surface area contributed by atoms with Crippen molar-refractivity contribution in [3.05, 3.63) is 59.7 Å². The van der Waals surface area contributed by atoms with E-state index in [0.717, 1.165) is 30.2 Å². The molecule has 0 heterocycles. The van der Waals surface area contributed by atoms with Gasteiger partial charge in [0.25, 0.3) is 0 Å². The Balaban J connectivity index is 2.19. The second kappa shape index (κ2) is 14.6. The minimum atomic E-state index is -3.55. The zero-order valence-electron chi connectivity index (χ0n) is 22.7. The van der Waals surface area contributed by atoms with Crippen molar-refractivity contribution in [3.63, 3.8) is 0 Å². The Bertz CT molecular complexity index is 1120. The Kier molecular flexibility index (Phi) is 11.9. The van der Waals surface area contributed by atoms with Crippen molar-refractivity contribution >= 4 is 27.5 Å². The van der Waals surface area contributed by atoms with E-state index in [1.165, 1.54) is 4.31 Å². The van der Waals surface area contributed by atoms with Gasteiger partial charge in [0.05, 0.1) is 19.1 Å². The number of methoxy groups -OCH3 is 1. The molecule has 1 atom stereocenters. The first kappa shape index (κ1) is 30.2. The molecule has 0 saturated heterocycles. The standard InChI is InChI=1S/C28H41N3O5S/c1-6-8-18-29-28(33)26(7-2)30(21-23-12-9-11-22(3)20-23)27(32)13-10-19-31(37(5,34)35)24-14-16-25(36-4)17-15-24/h9,11-12,14-17,20,26H,6-8,10,13,18-19,21H2,1-5H3,(H,29,33). The van der Waals surface area contributed by atoms with Gasteiger partial charge in [-0.1, -0.05) is 50.1 Å². The molecule has 0 spiro atoms. The van der Waals surface area contributed by atoms with E-state index in [1.54, 1.807) is 36.3 Å². The lowest BCUT2D eigenvalue weighted by atomic mass is 10.1. The number of anilines is 1. The Morgan fingerprint density at radius 2 is 1.76 bits per heavy atom. The first-order valence-electron chi connectivity index (χ1n) is 12.8. The topological polar surface area (TPSA) is 96.0 Å². The fraction of sp³-hybridized carbons (Fsp3) is 0.500. The lowest BCUT2D eigenvalue weighted by Crippen LogP contribution is -2.49. The third-order valence-electron chi connectivity index (χ3n) is 6.16. The molecule has 0 saturated carbocycles. The number of hydrogen-bond donors (Lipinski definition) is 1. The number of aryl methyl sites for hydroxylation is 1. The maximum atomic E-state index is 13.5. The molecule has 0 bridgehead atoms. The van der Waals surface area contributed by atoms with Gasteiger partial charge in [0.2, 0.25) is 21.8 Å². The van der Waals surface area contributed by atoms with Crippen molar-refractivity contribution in [2.24, 2.45) is 0 Å². The molecule has 2 aromatic rings. The van der Waals surface area contributed by atoms with Gasteiger partial charge in [0.15, 0.2) is 0 Å². The maximum absolute atomic E-state index is 13.5. The van der Waals surface area contributed by atoms with Crippen LogP contribution in [0.2, 0.25) is 0 Å². The molecule has 9 heteroatoms. The van der Waals surface area contributed by atoms with Gasteiger partial charge in [-0.2, -0.15) is 0 Å². The molecule has 0 fully saturated rings. The SMILES string of the molecule is CCCCNC(=O)C(CC)N(Cc1cccc(C)c1)C(=O)CCCN(c1ccc(OC)cc1)S(C)(=O)=O. The average Bonchev–Trinajstić information content (AvgIpc) is 2.86. The smallest absolute Gasteiger partial charge is 0.242 e. The lowest BCUT2D eigenvalue weighted by Gasteiger charge is -2.31. The zero-order chi connectivity index (χ0) is 27.4. The second-order valence-electron chi connectivity index (χ2n) is 9.22. The van der Waals surface area contributed by atoms with E-state index in [2.05, 4.69) is 12.2 Å². The second-order valence-corrected chi connectivity index (χ2v) is 11.1. The molecule has 1 unspecified atom stereocenters. The fourth-order valence-corrected chi connectivity index (χ4v) is 5.15. The molecule has 0 aliphatic rings. The summed E-state index contributed by atoms with van der Waals surface area (Å²) in [5.74, 6) is 0.289. The monoisotopic (exact) mass is 531 g/mol. The van der Waals surface area contributed by atoms with Crippen LogP contribution in [0.25, 0.3) is 0 Å². The highest BCUT2D eigenvalue weighted by Gasteiger charge is 2.28. The number of hydrogen-bond acceptors (Lipinski definition) is 5. The van der Waals surface area contributed by atoms with Gasteiger partial charge in [-0.25, -0.2) is 8.42 Å². The van der Waals surface area contributed by atoms with Crippen LogP contribution >= 0.6 is 0 Å². The first-order chi connectivity index (χ1) is 17.6. The molecule has 1 N–H and O–H groups in total. The number of unbranched alkanes of at least 4 members (excludes halogenated alkanes) is 1. The van der Waals surface area contributed by atoms with Crippen LogP contribution in [-0.4, -0.2) is 57.6 Å². The van der Waals surface area contributed by atoms with Crippen LogP contribution in [0.1, 0.15) is 57.1 Å². The van der Waals surface area contributed by atoms with E-state index in [9.17, 15) is 18.0 Å². The zero-order valence-corrected chi connectivity index (χ0v) is 23.5. The number of amides is 2. The molecular weight excluding hydrogens is 490 g/mol. The van der Waals surface area contributed by atoms with Gasteiger partial charge in [-0.3, -0.25) is 13.9 Å². The van der Waals surface area contributed by atoms with Crippen LogP contribution in [0, 0.1) is 6.92 Å². The van der Waals surface area contributed by atoms with Gasteiger partial charge in [0, 0.05) is 26.1 Å². The van der Waals surface area contributed by atoms with Crippen molar-refractivity contribution < 1.29 is 22.7 Å². The summed E-state index contributed by atoms with van der Waals surface area (Å²) in [4.78, 5) is 28.1. The van der Waals surface area contributed by atoms with Crippen LogP contribution in [0.5, 0.6) is 5.75 Å². The highest BCUT2D eigenvalue weighted by Crippen LogP contribution is 2.22. The number of nitrogens with zero attached hydrogens (tertiary/aromatic N) is 2. The molecule has 37 heavy (non-hydrogen) atoms. The Labute approximate surface area is 222 Å². The van der Waals surface area contributed by atoms with Crippen LogP contribution < -0.4 is 14.4 Å². The first-order valence-corrected chi connectivity index (χ1v) is 14.7. The van der Waals surface area contributed by atoms with E-state index in [4.69, 9.17) is 4.74 Å². The number of ether oxygens (including phenoxy) is 1. The Hall–Kier alpha value is -3.07. The number of nitrogens with one attached hydrogen (secondary N) is 1. The predicted octanol–water partition coefficient (Wildman–Crippen LogP) is 4.27. The summed E-state index contributed by atoms with van der Waals surface area (Å²) in [5.41, 5.74) is 2.53. The van der Waals surface area contributed by atoms with Crippen molar-refractivity contribution in [2.75, 3.05) is 30.8 Å². The Morgan fingerprint density at radius 3 is 2.32 bits per heavy atom. The van der Waals surface area contributed by atoms with Gasteiger partial charge in [-0.15, -0.1) is 0 Å². The van der Waals surface area contributed by atoms with Crippen LogP contribution in [0.3, 0.4) is 0 Å². The minimum Gasteiger partial charge on any atom is -0.497 e. The summed E-state index contributed by atoms with van der Waals surface area (Å²) in [6.45, 7) is 6.98. The highest BCUT2D eigenvalue weighted by atomic mass is 32.2. The number of benzene rings is 2. The van der Waals surface area contributed by atoms with Crippen LogP contribution in [-0.2, 0) is 26.2 Å². The molecule has 0 aromatic heterocycles.